The van der Waals surface area contributed by atoms with E-state index < -0.39 is 17.9 Å². The molecular formula is C9H8ClFO3. The van der Waals surface area contributed by atoms with E-state index in [1.54, 1.807) is 0 Å². The normalized spacial score (nSPS) is 12.6. The van der Waals surface area contributed by atoms with E-state index in [0.717, 1.165) is 6.07 Å². The van der Waals surface area contributed by atoms with E-state index in [2.05, 4.69) is 0 Å². The summed E-state index contributed by atoms with van der Waals surface area (Å²) < 4.78 is 13.0. The first-order valence-electron chi connectivity index (χ1n) is 3.80. The van der Waals surface area contributed by atoms with Crippen molar-refractivity contribution in [3.63, 3.8) is 0 Å². The molecule has 1 unspecified atom stereocenters. The van der Waals surface area contributed by atoms with E-state index in [0.29, 0.717) is 5.56 Å². The highest BCUT2D eigenvalue weighted by Gasteiger charge is 2.18. The molecule has 14 heavy (non-hydrogen) atoms. The molecule has 0 aliphatic heterocycles. The van der Waals surface area contributed by atoms with Crippen LogP contribution in [0.4, 0.5) is 4.39 Å². The molecule has 0 saturated carbocycles. The summed E-state index contributed by atoms with van der Waals surface area (Å²) in [6, 6.07) is 2.25. The molecule has 0 fully saturated rings. The molecule has 1 rings (SSSR count). The van der Waals surface area contributed by atoms with Gasteiger partial charge < -0.3 is 10.2 Å². The van der Waals surface area contributed by atoms with Gasteiger partial charge in [-0.2, -0.15) is 0 Å². The summed E-state index contributed by atoms with van der Waals surface area (Å²) in [4.78, 5) is 10.4. The molecule has 0 bridgehead atoms. The van der Waals surface area contributed by atoms with Gasteiger partial charge in [-0.25, -0.2) is 9.18 Å². The van der Waals surface area contributed by atoms with E-state index >= 15 is 0 Å². The Morgan fingerprint density at radius 3 is 2.57 bits per heavy atom. The number of aliphatic carboxylic acids is 1. The Kier molecular flexibility index (Phi) is 3.08. The predicted molar refractivity (Wildman–Crippen MR) is 48.7 cm³/mol. The van der Waals surface area contributed by atoms with Gasteiger partial charge in [-0.3, -0.25) is 0 Å². The minimum atomic E-state index is -1.72. The summed E-state index contributed by atoms with van der Waals surface area (Å²) in [5, 5.41) is 17.5. The number of aliphatic hydroxyl groups excluding tert-OH is 1. The summed E-state index contributed by atoms with van der Waals surface area (Å²) in [7, 11) is 0. The maximum absolute atomic E-state index is 13.0. The third-order valence-corrected chi connectivity index (χ3v) is 2.26. The van der Waals surface area contributed by atoms with Crippen LogP contribution in [-0.2, 0) is 4.79 Å². The highest BCUT2D eigenvalue weighted by molar-refractivity contribution is 6.31. The topological polar surface area (TPSA) is 57.5 Å². The largest absolute Gasteiger partial charge is 0.479 e. The van der Waals surface area contributed by atoms with Gasteiger partial charge in [0.25, 0.3) is 0 Å². The average molecular weight is 219 g/mol. The van der Waals surface area contributed by atoms with Crippen LogP contribution < -0.4 is 0 Å². The number of halogens is 2. The van der Waals surface area contributed by atoms with Crippen LogP contribution in [-0.4, -0.2) is 16.2 Å². The predicted octanol–water partition coefficient (Wildman–Crippen LogP) is 1.91. The molecule has 0 aromatic heterocycles. The third-order valence-electron chi connectivity index (χ3n) is 1.78. The fourth-order valence-corrected chi connectivity index (χ4v) is 1.16. The molecule has 76 valence electrons. The number of aliphatic hydroxyl groups is 1. The van der Waals surface area contributed by atoms with E-state index in [9.17, 15) is 9.18 Å². The molecule has 1 aromatic carbocycles. The van der Waals surface area contributed by atoms with Gasteiger partial charge in [0.15, 0.2) is 6.10 Å². The maximum atomic E-state index is 13.0. The number of rotatable bonds is 2. The average Bonchev–Trinajstić information content (AvgIpc) is 2.12. The van der Waals surface area contributed by atoms with E-state index in [1.807, 2.05) is 0 Å². The zero-order valence-electron chi connectivity index (χ0n) is 7.29. The summed E-state index contributed by atoms with van der Waals surface area (Å²) in [6.45, 7) is 1.53. The zero-order valence-corrected chi connectivity index (χ0v) is 8.05. The molecule has 1 atom stereocenters. The monoisotopic (exact) mass is 218 g/mol. The smallest absolute Gasteiger partial charge is 0.337 e. The van der Waals surface area contributed by atoms with Crippen molar-refractivity contribution in [3.05, 3.63) is 34.1 Å². The van der Waals surface area contributed by atoms with Crippen LogP contribution in [0.3, 0.4) is 0 Å². The van der Waals surface area contributed by atoms with E-state index in [-0.39, 0.29) is 10.6 Å². The third kappa shape index (κ3) is 2.02. The minimum Gasteiger partial charge on any atom is -0.479 e. The molecule has 2 N–H and O–H groups in total. The van der Waals surface area contributed by atoms with Crippen LogP contribution in [0.1, 0.15) is 17.2 Å². The van der Waals surface area contributed by atoms with Crippen LogP contribution in [0.25, 0.3) is 0 Å². The summed E-state index contributed by atoms with van der Waals surface area (Å²) in [6.07, 6.45) is -1.72. The fourth-order valence-electron chi connectivity index (χ4n) is 1.05. The zero-order chi connectivity index (χ0) is 10.9. The Balaban J connectivity index is 3.19. The lowest BCUT2D eigenvalue weighted by molar-refractivity contribution is -0.146. The highest BCUT2D eigenvalue weighted by atomic mass is 35.5. The Morgan fingerprint density at radius 1 is 1.57 bits per heavy atom. The number of carbonyl (C=O) groups is 1. The summed E-state index contributed by atoms with van der Waals surface area (Å²) in [5.74, 6) is -2.16. The van der Waals surface area contributed by atoms with Gasteiger partial charge in [-0.1, -0.05) is 17.7 Å². The van der Waals surface area contributed by atoms with E-state index in [1.165, 1.54) is 13.0 Å². The van der Waals surface area contributed by atoms with Gasteiger partial charge in [-0.05, 0) is 24.1 Å². The SMILES string of the molecule is Cc1cc(C(O)C(=O)O)cc(F)c1Cl. The van der Waals surface area contributed by atoms with Gasteiger partial charge in [0.05, 0.1) is 5.02 Å². The van der Waals surface area contributed by atoms with E-state index in [4.69, 9.17) is 21.8 Å². The number of hydrogen-bond donors (Lipinski definition) is 2. The van der Waals surface area contributed by atoms with Crippen LogP contribution >= 0.6 is 11.6 Å². The van der Waals surface area contributed by atoms with Crippen molar-refractivity contribution in [3.8, 4) is 0 Å². The Bertz CT molecular complexity index is 355. The maximum Gasteiger partial charge on any atom is 0.337 e. The van der Waals surface area contributed by atoms with Crippen LogP contribution in [0.5, 0.6) is 0 Å². The van der Waals surface area contributed by atoms with Gasteiger partial charge in [0, 0.05) is 0 Å². The van der Waals surface area contributed by atoms with Crippen molar-refractivity contribution in [2.75, 3.05) is 0 Å². The molecule has 0 radical (unpaired) electrons. The van der Waals surface area contributed by atoms with Gasteiger partial charge >= 0.3 is 5.97 Å². The van der Waals surface area contributed by atoms with Crippen molar-refractivity contribution in [2.45, 2.75) is 13.0 Å². The summed E-state index contributed by atoms with van der Waals surface area (Å²) >= 11 is 5.53. The van der Waals surface area contributed by atoms with Crippen LogP contribution in [0.2, 0.25) is 5.02 Å². The molecule has 5 heteroatoms. The molecule has 0 saturated heterocycles. The lowest BCUT2D eigenvalue weighted by atomic mass is 10.1. The van der Waals surface area contributed by atoms with Crippen molar-refractivity contribution in [1.82, 2.24) is 0 Å². The Hall–Kier alpha value is -1.13. The lowest BCUT2D eigenvalue weighted by Gasteiger charge is -2.08. The van der Waals surface area contributed by atoms with Gasteiger partial charge in [0.2, 0.25) is 0 Å². The molecule has 1 aromatic rings. The number of benzene rings is 1. The van der Waals surface area contributed by atoms with Crippen molar-refractivity contribution in [1.29, 1.82) is 0 Å². The van der Waals surface area contributed by atoms with Crippen molar-refractivity contribution in [2.24, 2.45) is 0 Å². The van der Waals surface area contributed by atoms with Crippen LogP contribution in [0, 0.1) is 12.7 Å². The first kappa shape index (κ1) is 10.9. The number of carboxylic acids is 1. The standard InChI is InChI=1S/C9H8ClFO3/c1-4-2-5(8(12)9(13)14)3-6(11)7(4)10/h2-3,8,12H,1H3,(H,13,14). The highest BCUT2D eigenvalue weighted by Crippen LogP contribution is 2.24. The van der Waals surface area contributed by atoms with Crippen molar-refractivity contribution < 1.29 is 19.4 Å². The van der Waals surface area contributed by atoms with Crippen molar-refractivity contribution >= 4 is 17.6 Å². The second-order valence-electron chi connectivity index (χ2n) is 2.87. The van der Waals surface area contributed by atoms with Gasteiger partial charge in [-0.15, -0.1) is 0 Å². The second-order valence-corrected chi connectivity index (χ2v) is 3.25. The number of carboxylic acid groups (broad SMARTS) is 1. The molecule has 3 nitrogen and oxygen atoms in total. The summed E-state index contributed by atoms with van der Waals surface area (Å²) in [5.41, 5.74) is 0.374. The lowest BCUT2D eigenvalue weighted by Crippen LogP contribution is -2.11. The molecule has 0 spiro atoms. The fraction of sp³-hybridized carbons (Fsp3) is 0.222. The first-order valence-corrected chi connectivity index (χ1v) is 4.17. The minimum absolute atomic E-state index is 0.0168. The quantitative estimate of drug-likeness (QED) is 0.797. The van der Waals surface area contributed by atoms with Crippen LogP contribution in [0.15, 0.2) is 12.1 Å². The Labute approximate surface area is 84.7 Å². The molecule has 0 aliphatic rings. The molecular weight excluding hydrogens is 211 g/mol. The molecule has 0 heterocycles. The molecule has 0 aliphatic carbocycles. The first-order chi connectivity index (χ1) is 6.43. The molecule has 0 amide bonds. The number of hydrogen-bond acceptors (Lipinski definition) is 2. The number of aryl methyl sites for hydroxylation is 1. The van der Waals surface area contributed by atoms with Gasteiger partial charge in [0.1, 0.15) is 5.82 Å². The Morgan fingerprint density at radius 2 is 2.14 bits per heavy atom. The second kappa shape index (κ2) is 3.94.